The highest BCUT2D eigenvalue weighted by Gasteiger charge is 2.42. The van der Waals surface area contributed by atoms with Crippen LogP contribution in [0.25, 0.3) is 5.82 Å². The number of carboxylic acids is 1. The first kappa shape index (κ1) is 16.2. The number of hydrogen-bond donors (Lipinski definition) is 1. The molecule has 2 aromatic heterocycles. The number of rotatable bonds is 4. The Hall–Kier alpha value is -2.70. The lowest BCUT2D eigenvalue weighted by molar-refractivity contribution is -0.147. The molecule has 1 aliphatic rings. The molecule has 7 nitrogen and oxygen atoms in total. The third-order valence-electron chi connectivity index (χ3n) is 4.58. The Morgan fingerprint density at radius 3 is 2.75 bits per heavy atom. The molecule has 1 amide bonds. The van der Waals surface area contributed by atoms with Crippen molar-refractivity contribution in [2.45, 2.75) is 26.7 Å². The Morgan fingerprint density at radius 2 is 2.17 bits per heavy atom. The molecule has 0 spiro atoms. The number of amides is 1. The highest BCUT2D eigenvalue weighted by Crippen LogP contribution is 2.31. The monoisotopic (exact) mass is 328 g/mol. The standard InChI is InChI=1S/C17H20N4O3/c1-3-13-12(10-19-21(13)14-6-4-5-8-18-14)15(22)20-9-7-17(2,11-20)16(23)24/h4-6,8,10H,3,7,9,11H2,1-2H3,(H,23,24). The Labute approximate surface area is 139 Å². The molecule has 0 aromatic carbocycles. The van der Waals surface area contributed by atoms with Gasteiger partial charge in [-0.15, -0.1) is 0 Å². The lowest BCUT2D eigenvalue weighted by Gasteiger charge is -2.20. The van der Waals surface area contributed by atoms with Crippen LogP contribution in [0.5, 0.6) is 0 Å². The van der Waals surface area contributed by atoms with Crippen molar-refractivity contribution in [2.24, 2.45) is 5.41 Å². The van der Waals surface area contributed by atoms with Gasteiger partial charge in [0.2, 0.25) is 0 Å². The Morgan fingerprint density at radius 1 is 1.38 bits per heavy atom. The largest absolute Gasteiger partial charge is 0.481 e. The van der Waals surface area contributed by atoms with Crippen LogP contribution in [0.4, 0.5) is 0 Å². The molecule has 24 heavy (non-hydrogen) atoms. The van der Waals surface area contributed by atoms with Crippen molar-refractivity contribution in [1.82, 2.24) is 19.7 Å². The zero-order valence-corrected chi connectivity index (χ0v) is 13.8. The van der Waals surface area contributed by atoms with Gasteiger partial charge < -0.3 is 10.0 Å². The van der Waals surface area contributed by atoms with Crippen molar-refractivity contribution in [1.29, 1.82) is 0 Å². The maximum absolute atomic E-state index is 12.8. The first-order chi connectivity index (χ1) is 11.5. The highest BCUT2D eigenvalue weighted by atomic mass is 16.4. The summed E-state index contributed by atoms with van der Waals surface area (Å²) in [6.45, 7) is 4.30. The van der Waals surface area contributed by atoms with Gasteiger partial charge in [-0.2, -0.15) is 5.10 Å². The first-order valence-corrected chi connectivity index (χ1v) is 7.97. The molecule has 0 bridgehead atoms. The molecule has 1 fully saturated rings. The van der Waals surface area contributed by atoms with Gasteiger partial charge in [-0.3, -0.25) is 9.59 Å². The first-order valence-electron chi connectivity index (χ1n) is 7.97. The summed E-state index contributed by atoms with van der Waals surface area (Å²) in [6, 6.07) is 5.52. The molecule has 1 aliphatic heterocycles. The van der Waals surface area contributed by atoms with Crippen LogP contribution in [0.1, 0.15) is 36.3 Å². The fourth-order valence-corrected chi connectivity index (χ4v) is 3.05. The second kappa shape index (κ2) is 6.07. The summed E-state index contributed by atoms with van der Waals surface area (Å²) in [6.07, 6.45) is 4.31. The summed E-state index contributed by atoms with van der Waals surface area (Å²) in [5, 5.41) is 13.6. The molecule has 3 rings (SSSR count). The van der Waals surface area contributed by atoms with E-state index in [9.17, 15) is 14.7 Å². The number of aromatic nitrogens is 3. The average Bonchev–Trinajstić information content (AvgIpc) is 3.19. The number of aliphatic carboxylic acids is 1. The SMILES string of the molecule is CCc1c(C(=O)N2CCC(C)(C(=O)O)C2)cnn1-c1ccccn1. The Bertz CT molecular complexity index is 771. The summed E-state index contributed by atoms with van der Waals surface area (Å²) in [4.78, 5) is 30.1. The average molecular weight is 328 g/mol. The second-order valence-electron chi connectivity index (χ2n) is 6.30. The van der Waals surface area contributed by atoms with Crippen LogP contribution in [-0.4, -0.2) is 49.7 Å². The molecular weight excluding hydrogens is 308 g/mol. The minimum absolute atomic E-state index is 0.168. The number of pyridine rings is 1. The predicted octanol–water partition coefficient (Wildman–Crippen LogP) is 1.77. The van der Waals surface area contributed by atoms with Gasteiger partial charge >= 0.3 is 5.97 Å². The zero-order chi connectivity index (χ0) is 17.3. The quantitative estimate of drug-likeness (QED) is 0.924. The van der Waals surface area contributed by atoms with Gasteiger partial charge in [-0.25, -0.2) is 9.67 Å². The van der Waals surface area contributed by atoms with E-state index in [1.807, 2.05) is 25.1 Å². The fraction of sp³-hybridized carbons (Fsp3) is 0.412. The molecule has 2 aromatic rings. The summed E-state index contributed by atoms with van der Waals surface area (Å²) >= 11 is 0. The smallest absolute Gasteiger partial charge is 0.311 e. The molecule has 1 unspecified atom stereocenters. The van der Waals surface area contributed by atoms with Gasteiger partial charge in [0.05, 0.1) is 22.9 Å². The van der Waals surface area contributed by atoms with Crippen LogP contribution < -0.4 is 0 Å². The van der Waals surface area contributed by atoms with E-state index in [0.29, 0.717) is 30.8 Å². The molecule has 1 saturated heterocycles. The van der Waals surface area contributed by atoms with E-state index in [4.69, 9.17) is 0 Å². The number of carbonyl (C=O) groups is 2. The minimum Gasteiger partial charge on any atom is -0.481 e. The number of nitrogens with zero attached hydrogens (tertiary/aromatic N) is 4. The molecule has 7 heteroatoms. The predicted molar refractivity (Wildman–Crippen MR) is 87.0 cm³/mol. The summed E-state index contributed by atoms with van der Waals surface area (Å²) in [5.74, 6) is -0.373. The maximum atomic E-state index is 12.8. The van der Waals surface area contributed by atoms with Gasteiger partial charge in [0, 0.05) is 19.3 Å². The lowest BCUT2D eigenvalue weighted by atomic mass is 9.90. The minimum atomic E-state index is -0.876. The Kier molecular flexibility index (Phi) is 4.09. The third-order valence-corrected chi connectivity index (χ3v) is 4.58. The van der Waals surface area contributed by atoms with Gasteiger partial charge in [0.1, 0.15) is 0 Å². The van der Waals surface area contributed by atoms with Gasteiger partial charge in [-0.05, 0) is 31.9 Å². The van der Waals surface area contributed by atoms with E-state index in [-0.39, 0.29) is 12.5 Å². The summed E-state index contributed by atoms with van der Waals surface area (Å²) in [5.41, 5.74) is 0.416. The van der Waals surface area contributed by atoms with Gasteiger partial charge in [0.25, 0.3) is 5.91 Å². The van der Waals surface area contributed by atoms with Crippen molar-refractivity contribution in [3.8, 4) is 5.82 Å². The molecule has 126 valence electrons. The molecule has 1 N–H and O–H groups in total. The van der Waals surface area contributed by atoms with Crippen molar-refractivity contribution >= 4 is 11.9 Å². The van der Waals surface area contributed by atoms with Crippen LogP contribution in [0.15, 0.2) is 30.6 Å². The van der Waals surface area contributed by atoms with Gasteiger partial charge in [-0.1, -0.05) is 13.0 Å². The van der Waals surface area contributed by atoms with Crippen molar-refractivity contribution in [3.63, 3.8) is 0 Å². The van der Waals surface area contributed by atoms with Crippen LogP contribution in [0.2, 0.25) is 0 Å². The van der Waals surface area contributed by atoms with E-state index in [2.05, 4.69) is 10.1 Å². The molecule has 3 heterocycles. The summed E-state index contributed by atoms with van der Waals surface area (Å²) in [7, 11) is 0. The second-order valence-corrected chi connectivity index (χ2v) is 6.30. The molecule has 0 aliphatic carbocycles. The van der Waals surface area contributed by atoms with Crippen molar-refractivity contribution in [2.75, 3.05) is 13.1 Å². The van der Waals surface area contributed by atoms with Crippen molar-refractivity contribution in [3.05, 3.63) is 41.9 Å². The number of carbonyl (C=O) groups excluding carboxylic acids is 1. The van der Waals surface area contributed by atoms with Crippen LogP contribution in [0, 0.1) is 5.41 Å². The normalized spacial score (nSPS) is 20.3. The zero-order valence-electron chi connectivity index (χ0n) is 13.8. The molecule has 0 saturated carbocycles. The van der Waals surface area contributed by atoms with Crippen LogP contribution in [-0.2, 0) is 11.2 Å². The van der Waals surface area contributed by atoms with E-state index >= 15 is 0 Å². The summed E-state index contributed by atoms with van der Waals surface area (Å²) < 4.78 is 1.67. The van der Waals surface area contributed by atoms with E-state index in [1.165, 1.54) is 0 Å². The topological polar surface area (TPSA) is 88.3 Å². The Balaban J connectivity index is 1.89. The third kappa shape index (κ3) is 2.66. The van der Waals surface area contributed by atoms with E-state index < -0.39 is 11.4 Å². The lowest BCUT2D eigenvalue weighted by Crippen LogP contribution is -2.35. The maximum Gasteiger partial charge on any atom is 0.311 e. The number of carboxylic acid groups (broad SMARTS) is 1. The molecular formula is C17H20N4O3. The fourth-order valence-electron chi connectivity index (χ4n) is 3.05. The van der Waals surface area contributed by atoms with Crippen molar-refractivity contribution < 1.29 is 14.7 Å². The molecule has 1 atom stereocenters. The van der Waals surface area contributed by atoms with E-state index in [1.54, 1.807) is 28.9 Å². The highest BCUT2D eigenvalue weighted by molar-refractivity contribution is 5.96. The molecule has 0 radical (unpaired) electrons. The number of hydrogen-bond acceptors (Lipinski definition) is 4. The van der Waals surface area contributed by atoms with Gasteiger partial charge in [0.15, 0.2) is 5.82 Å². The van der Waals surface area contributed by atoms with Crippen LogP contribution >= 0.6 is 0 Å². The van der Waals surface area contributed by atoms with Crippen LogP contribution in [0.3, 0.4) is 0 Å². The number of likely N-dealkylation sites (tertiary alicyclic amines) is 1. The van der Waals surface area contributed by atoms with E-state index in [0.717, 1.165) is 5.69 Å².